The van der Waals surface area contributed by atoms with E-state index in [0.717, 1.165) is 10.0 Å². The number of methoxy groups -OCH3 is 2. The van der Waals surface area contributed by atoms with E-state index in [2.05, 4.69) is 21.4 Å². The van der Waals surface area contributed by atoms with Gasteiger partial charge >= 0.3 is 0 Å². The van der Waals surface area contributed by atoms with Crippen molar-refractivity contribution in [1.29, 1.82) is 0 Å². The van der Waals surface area contributed by atoms with Crippen molar-refractivity contribution in [2.45, 2.75) is 32.9 Å². The number of rotatable bonds is 5. The first-order chi connectivity index (χ1) is 8.37. The molecule has 0 spiro atoms. The number of hydroxylamine groups is 1. The normalized spacial score (nSPS) is 11.4. The summed E-state index contributed by atoms with van der Waals surface area (Å²) in [5.41, 5.74) is 3.77. The Morgan fingerprint density at radius 1 is 1.17 bits per heavy atom. The molecular formula is C13H20BrNO3. The van der Waals surface area contributed by atoms with Crippen LogP contribution in [-0.4, -0.2) is 19.8 Å². The van der Waals surface area contributed by atoms with Crippen molar-refractivity contribution in [3.63, 3.8) is 0 Å². The summed E-state index contributed by atoms with van der Waals surface area (Å²) in [5, 5.41) is 0. The molecule has 0 saturated carbocycles. The molecule has 1 aromatic rings. The average molecular weight is 318 g/mol. The van der Waals surface area contributed by atoms with Gasteiger partial charge in [0.05, 0.1) is 24.3 Å². The first-order valence-corrected chi connectivity index (χ1v) is 6.48. The van der Waals surface area contributed by atoms with Gasteiger partial charge < -0.3 is 9.47 Å². The molecule has 5 heteroatoms. The van der Waals surface area contributed by atoms with Gasteiger partial charge in [-0.2, -0.15) is 5.48 Å². The summed E-state index contributed by atoms with van der Waals surface area (Å²) in [6, 6.07) is 3.89. The fourth-order valence-electron chi connectivity index (χ4n) is 1.41. The largest absolute Gasteiger partial charge is 0.493 e. The first kappa shape index (κ1) is 15.3. The first-order valence-electron chi connectivity index (χ1n) is 5.68. The zero-order valence-electron chi connectivity index (χ0n) is 11.5. The quantitative estimate of drug-likeness (QED) is 0.846. The highest BCUT2D eigenvalue weighted by atomic mass is 79.9. The minimum atomic E-state index is -0.214. The van der Waals surface area contributed by atoms with Gasteiger partial charge in [-0.1, -0.05) is 0 Å². The van der Waals surface area contributed by atoms with Gasteiger partial charge in [0.1, 0.15) is 0 Å². The van der Waals surface area contributed by atoms with Gasteiger partial charge in [-0.05, 0) is 54.4 Å². The molecule has 0 radical (unpaired) electrons. The van der Waals surface area contributed by atoms with Gasteiger partial charge in [0.25, 0.3) is 0 Å². The van der Waals surface area contributed by atoms with Crippen LogP contribution in [0.25, 0.3) is 0 Å². The summed E-state index contributed by atoms with van der Waals surface area (Å²) < 4.78 is 11.4. The molecule has 0 heterocycles. The molecule has 4 nitrogen and oxygen atoms in total. The van der Waals surface area contributed by atoms with E-state index < -0.39 is 0 Å². The molecule has 0 aromatic heterocycles. The molecule has 1 N–H and O–H groups in total. The molecule has 0 aliphatic heterocycles. The van der Waals surface area contributed by atoms with Gasteiger partial charge in [-0.3, -0.25) is 4.84 Å². The Labute approximate surface area is 117 Å². The summed E-state index contributed by atoms with van der Waals surface area (Å²) in [5.74, 6) is 1.39. The van der Waals surface area contributed by atoms with E-state index in [1.54, 1.807) is 14.2 Å². The van der Waals surface area contributed by atoms with Crippen molar-refractivity contribution < 1.29 is 14.3 Å². The molecule has 0 unspecified atom stereocenters. The maximum Gasteiger partial charge on any atom is 0.174 e. The molecule has 0 atom stereocenters. The highest BCUT2D eigenvalue weighted by Gasteiger charge is 2.12. The second-order valence-corrected chi connectivity index (χ2v) is 5.70. The molecule has 0 saturated heterocycles. The number of benzene rings is 1. The fourth-order valence-corrected chi connectivity index (χ4v) is 2.06. The van der Waals surface area contributed by atoms with Gasteiger partial charge in [-0.15, -0.1) is 0 Å². The molecule has 0 aliphatic carbocycles. The van der Waals surface area contributed by atoms with Crippen LogP contribution in [0.2, 0.25) is 0 Å². The molecule has 1 rings (SSSR count). The van der Waals surface area contributed by atoms with Crippen LogP contribution in [0, 0.1) is 0 Å². The van der Waals surface area contributed by atoms with Gasteiger partial charge in [0, 0.05) is 6.54 Å². The molecule has 0 fully saturated rings. The van der Waals surface area contributed by atoms with Gasteiger partial charge in [0.15, 0.2) is 11.5 Å². The van der Waals surface area contributed by atoms with Crippen LogP contribution in [0.15, 0.2) is 16.6 Å². The monoisotopic (exact) mass is 317 g/mol. The summed E-state index contributed by atoms with van der Waals surface area (Å²) in [6.07, 6.45) is 0. The van der Waals surface area contributed by atoms with Crippen LogP contribution >= 0.6 is 15.9 Å². The highest BCUT2D eigenvalue weighted by molar-refractivity contribution is 9.10. The third-order valence-corrected chi connectivity index (χ3v) is 2.74. The lowest BCUT2D eigenvalue weighted by Crippen LogP contribution is -2.28. The topological polar surface area (TPSA) is 39.7 Å². The summed E-state index contributed by atoms with van der Waals surface area (Å²) in [4.78, 5) is 5.47. The Morgan fingerprint density at radius 2 is 1.83 bits per heavy atom. The summed E-state index contributed by atoms with van der Waals surface area (Å²) in [6.45, 7) is 6.57. The van der Waals surface area contributed by atoms with E-state index in [1.807, 2.05) is 32.9 Å². The molecule has 18 heavy (non-hydrogen) atoms. The number of halogens is 1. The van der Waals surface area contributed by atoms with E-state index in [1.165, 1.54) is 0 Å². The van der Waals surface area contributed by atoms with Crippen molar-refractivity contribution in [2.24, 2.45) is 0 Å². The standard InChI is InChI=1S/C13H20BrNO3/c1-13(2,3)18-15-8-9-6-10(14)12(17-5)11(7-9)16-4/h6-7,15H,8H2,1-5H3. The predicted octanol–water partition coefficient (Wildman–Crippen LogP) is 3.29. The lowest BCUT2D eigenvalue weighted by Gasteiger charge is -2.19. The Kier molecular flexibility index (Phi) is 5.44. The lowest BCUT2D eigenvalue weighted by atomic mass is 10.2. The maximum atomic E-state index is 5.47. The van der Waals surface area contributed by atoms with Crippen molar-refractivity contribution in [3.8, 4) is 11.5 Å². The summed E-state index contributed by atoms with van der Waals surface area (Å²) in [7, 11) is 3.23. The molecular weight excluding hydrogens is 298 g/mol. The maximum absolute atomic E-state index is 5.47. The Balaban J connectivity index is 2.76. The second-order valence-electron chi connectivity index (χ2n) is 4.85. The van der Waals surface area contributed by atoms with Crippen LogP contribution in [0.3, 0.4) is 0 Å². The van der Waals surface area contributed by atoms with Crippen molar-refractivity contribution in [3.05, 3.63) is 22.2 Å². The van der Waals surface area contributed by atoms with E-state index in [9.17, 15) is 0 Å². The number of ether oxygens (including phenoxy) is 2. The van der Waals surface area contributed by atoms with Crippen LogP contribution in [-0.2, 0) is 11.4 Å². The van der Waals surface area contributed by atoms with Crippen LogP contribution < -0.4 is 15.0 Å². The third kappa shape index (κ3) is 4.48. The minimum absolute atomic E-state index is 0.214. The van der Waals surface area contributed by atoms with Crippen LogP contribution in [0.5, 0.6) is 11.5 Å². The van der Waals surface area contributed by atoms with Crippen LogP contribution in [0.4, 0.5) is 0 Å². The Bertz CT molecular complexity index is 402. The van der Waals surface area contributed by atoms with Crippen molar-refractivity contribution >= 4 is 15.9 Å². The molecule has 0 aliphatic rings. The predicted molar refractivity (Wildman–Crippen MR) is 74.9 cm³/mol. The number of nitrogens with one attached hydrogen (secondary N) is 1. The van der Waals surface area contributed by atoms with Gasteiger partial charge in [0.2, 0.25) is 0 Å². The Hall–Kier alpha value is -0.780. The van der Waals surface area contributed by atoms with Gasteiger partial charge in [-0.25, -0.2) is 0 Å². The van der Waals surface area contributed by atoms with E-state index in [0.29, 0.717) is 18.0 Å². The molecule has 102 valence electrons. The lowest BCUT2D eigenvalue weighted by molar-refractivity contribution is -0.0757. The van der Waals surface area contributed by atoms with E-state index in [-0.39, 0.29) is 5.60 Å². The smallest absolute Gasteiger partial charge is 0.174 e. The second kappa shape index (κ2) is 6.41. The molecule has 1 aromatic carbocycles. The highest BCUT2D eigenvalue weighted by Crippen LogP contribution is 2.36. The fraction of sp³-hybridized carbons (Fsp3) is 0.538. The third-order valence-electron chi connectivity index (χ3n) is 2.15. The van der Waals surface area contributed by atoms with E-state index >= 15 is 0 Å². The zero-order valence-corrected chi connectivity index (χ0v) is 13.1. The van der Waals surface area contributed by atoms with Crippen molar-refractivity contribution in [2.75, 3.05) is 14.2 Å². The van der Waals surface area contributed by atoms with Crippen LogP contribution in [0.1, 0.15) is 26.3 Å². The van der Waals surface area contributed by atoms with Crippen molar-refractivity contribution in [1.82, 2.24) is 5.48 Å². The minimum Gasteiger partial charge on any atom is -0.493 e. The SMILES string of the molecule is COc1cc(CNOC(C)(C)C)cc(Br)c1OC. The number of hydrogen-bond acceptors (Lipinski definition) is 4. The average Bonchev–Trinajstić information content (AvgIpc) is 2.26. The molecule has 0 bridgehead atoms. The summed E-state index contributed by atoms with van der Waals surface area (Å²) >= 11 is 3.46. The molecule has 0 amide bonds. The Morgan fingerprint density at radius 3 is 2.33 bits per heavy atom. The van der Waals surface area contributed by atoms with E-state index in [4.69, 9.17) is 14.3 Å². The zero-order chi connectivity index (χ0) is 13.8. The number of hydrogen-bond donors (Lipinski definition) is 1.